The Hall–Kier alpha value is -4.05. The maximum Gasteiger partial charge on any atom is 0.344 e. The molecule has 0 N–H and O–H groups in total. The van der Waals surface area contributed by atoms with Gasteiger partial charge in [0, 0.05) is 5.56 Å². The Morgan fingerprint density at radius 3 is 2.35 bits per heavy atom. The molecule has 0 spiro atoms. The van der Waals surface area contributed by atoms with Crippen LogP contribution in [0.5, 0.6) is 11.5 Å². The Balaban J connectivity index is 1.44. The second-order valence-electron chi connectivity index (χ2n) is 11.8. The SMILES string of the molecule is CCC(C)(C)c1ccc(OCCOC(=O)c2ccccc2OS(=O)n2nnc3ccc(C)cc3c2=O)c(C(C)(C)CC)c1. The van der Waals surface area contributed by atoms with Crippen molar-refractivity contribution in [2.45, 2.75) is 72.1 Å². The van der Waals surface area contributed by atoms with Crippen LogP contribution in [0.3, 0.4) is 0 Å². The molecule has 0 aliphatic rings. The van der Waals surface area contributed by atoms with E-state index in [1.165, 1.54) is 17.7 Å². The van der Waals surface area contributed by atoms with E-state index in [0.29, 0.717) is 9.60 Å². The summed E-state index contributed by atoms with van der Waals surface area (Å²) in [5, 5.41) is 7.96. The Bertz CT molecular complexity index is 1710. The molecule has 0 aliphatic carbocycles. The van der Waals surface area contributed by atoms with Crippen LogP contribution in [0.25, 0.3) is 10.9 Å². The summed E-state index contributed by atoms with van der Waals surface area (Å²) in [6.07, 6.45) is 1.95. The van der Waals surface area contributed by atoms with Crippen LogP contribution in [0.15, 0.2) is 65.5 Å². The number of esters is 1. The first-order valence-corrected chi connectivity index (χ1v) is 15.4. The zero-order valence-electron chi connectivity index (χ0n) is 25.8. The van der Waals surface area contributed by atoms with Crippen molar-refractivity contribution < 1.29 is 22.7 Å². The highest BCUT2D eigenvalue weighted by Crippen LogP contribution is 2.38. The second kappa shape index (κ2) is 13.1. The van der Waals surface area contributed by atoms with Crippen molar-refractivity contribution in [1.82, 2.24) is 14.4 Å². The fourth-order valence-corrected chi connectivity index (χ4v) is 5.12. The maximum atomic E-state index is 13.0. The molecule has 0 radical (unpaired) electrons. The third-order valence-corrected chi connectivity index (χ3v) is 8.87. The highest BCUT2D eigenvalue weighted by molar-refractivity contribution is 7.78. The van der Waals surface area contributed by atoms with E-state index in [0.717, 1.165) is 29.7 Å². The largest absolute Gasteiger partial charge is 0.490 e. The number of rotatable bonds is 12. The van der Waals surface area contributed by atoms with Crippen molar-refractivity contribution in [3.8, 4) is 11.5 Å². The number of aromatic nitrogens is 3. The van der Waals surface area contributed by atoms with Gasteiger partial charge in [-0.2, -0.15) is 4.21 Å². The number of carbonyl (C=O) groups excluding carboxylic acids is 1. The molecule has 0 amide bonds. The smallest absolute Gasteiger partial charge is 0.344 e. The van der Waals surface area contributed by atoms with Crippen LogP contribution in [0.4, 0.5) is 0 Å². The molecule has 1 heterocycles. The van der Waals surface area contributed by atoms with Crippen LogP contribution in [-0.4, -0.2) is 37.8 Å². The van der Waals surface area contributed by atoms with Crippen LogP contribution in [0.1, 0.15) is 81.4 Å². The van der Waals surface area contributed by atoms with Gasteiger partial charge >= 0.3 is 17.2 Å². The number of hydrogen-bond donors (Lipinski definition) is 0. The number of carbonyl (C=O) groups is 1. The summed E-state index contributed by atoms with van der Waals surface area (Å²) < 4.78 is 30.7. The summed E-state index contributed by atoms with van der Waals surface area (Å²) in [6.45, 7) is 15.1. The van der Waals surface area contributed by atoms with E-state index in [1.54, 1.807) is 30.3 Å². The van der Waals surface area contributed by atoms with Crippen LogP contribution >= 0.6 is 0 Å². The van der Waals surface area contributed by atoms with Gasteiger partial charge in [0.15, 0.2) is 5.75 Å². The number of hydrogen-bond acceptors (Lipinski definition) is 8. The summed E-state index contributed by atoms with van der Waals surface area (Å²) in [5.74, 6) is 0.0543. The van der Waals surface area contributed by atoms with Gasteiger partial charge < -0.3 is 13.7 Å². The van der Waals surface area contributed by atoms with Gasteiger partial charge in [-0.3, -0.25) is 4.79 Å². The molecule has 43 heavy (non-hydrogen) atoms. The van der Waals surface area contributed by atoms with Crippen LogP contribution in [0.2, 0.25) is 0 Å². The molecule has 0 bridgehead atoms. The number of para-hydroxylation sites is 1. The highest BCUT2D eigenvalue weighted by Gasteiger charge is 2.27. The van der Waals surface area contributed by atoms with Gasteiger partial charge in [0.2, 0.25) is 0 Å². The summed E-state index contributed by atoms with van der Waals surface area (Å²) in [6, 6.07) is 17.6. The highest BCUT2D eigenvalue weighted by atomic mass is 32.2. The number of fused-ring (bicyclic) bond motifs is 1. The van der Waals surface area contributed by atoms with Crippen molar-refractivity contribution in [3.63, 3.8) is 0 Å². The minimum Gasteiger partial charge on any atom is -0.490 e. The van der Waals surface area contributed by atoms with Gasteiger partial charge in [0.05, 0.1) is 5.39 Å². The minimum atomic E-state index is -2.39. The lowest BCUT2D eigenvalue weighted by molar-refractivity contribution is 0.0447. The molecule has 10 heteroatoms. The van der Waals surface area contributed by atoms with Crippen molar-refractivity contribution in [2.24, 2.45) is 0 Å². The normalized spacial score (nSPS) is 12.6. The van der Waals surface area contributed by atoms with E-state index in [1.807, 2.05) is 13.0 Å². The van der Waals surface area contributed by atoms with E-state index in [2.05, 4.69) is 64.0 Å². The van der Waals surface area contributed by atoms with Crippen molar-refractivity contribution in [1.29, 1.82) is 0 Å². The molecule has 0 fully saturated rings. The van der Waals surface area contributed by atoms with Gasteiger partial charge in [0.25, 0.3) is 5.56 Å². The third-order valence-electron chi connectivity index (χ3n) is 8.03. The second-order valence-corrected chi connectivity index (χ2v) is 12.7. The van der Waals surface area contributed by atoms with E-state index >= 15 is 0 Å². The van der Waals surface area contributed by atoms with Crippen LogP contribution in [-0.2, 0) is 26.8 Å². The molecule has 0 saturated carbocycles. The third kappa shape index (κ3) is 7.13. The lowest BCUT2D eigenvalue weighted by Gasteiger charge is -2.30. The Kier molecular flexibility index (Phi) is 9.69. The lowest BCUT2D eigenvalue weighted by atomic mass is 9.76. The maximum absolute atomic E-state index is 13.0. The first-order valence-electron chi connectivity index (χ1n) is 14.4. The average Bonchev–Trinajstić information content (AvgIpc) is 2.99. The predicted octanol–water partition coefficient (Wildman–Crippen LogP) is 6.22. The quantitative estimate of drug-likeness (QED) is 0.138. The number of nitrogens with zero attached hydrogens (tertiary/aromatic N) is 3. The summed E-state index contributed by atoms with van der Waals surface area (Å²) in [7, 11) is 0. The summed E-state index contributed by atoms with van der Waals surface area (Å²) in [5.41, 5.74) is 2.95. The van der Waals surface area contributed by atoms with Crippen molar-refractivity contribution in [3.05, 3.63) is 93.3 Å². The average molecular weight is 606 g/mol. The van der Waals surface area contributed by atoms with Crippen molar-refractivity contribution in [2.75, 3.05) is 13.2 Å². The fraction of sp³-hybridized carbons (Fsp3) is 0.394. The zero-order chi connectivity index (χ0) is 31.4. The minimum absolute atomic E-state index is 0.0145. The molecule has 0 saturated heterocycles. The van der Waals surface area contributed by atoms with Gasteiger partial charge in [-0.1, -0.05) is 81.5 Å². The molecular formula is C33H39N3O6S. The van der Waals surface area contributed by atoms with Gasteiger partial charge in [-0.25, -0.2) is 4.79 Å². The van der Waals surface area contributed by atoms with Crippen LogP contribution in [0, 0.1) is 6.92 Å². The van der Waals surface area contributed by atoms with Crippen LogP contribution < -0.4 is 14.5 Å². The molecule has 4 rings (SSSR count). The standard InChI is InChI=1S/C33H39N3O6S/c1-8-32(4,5)23-15-17-29(26(21-23)33(6,7)9-2)40-18-19-41-31(38)24-12-10-11-13-28(24)42-43(39)36-30(37)25-20-22(3)14-16-27(25)34-35-36/h10-17,20-21H,8-9,18-19H2,1-7H3. The zero-order valence-corrected chi connectivity index (χ0v) is 26.6. The van der Waals surface area contributed by atoms with E-state index in [9.17, 15) is 13.8 Å². The first-order chi connectivity index (χ1) is 20.4. The molecular weight excluding hydrogens is 566 g/mol. The molecule has 3 aromatic carbocycles. The number of benzene rings is 3. The van der Waals surface area contributed by atoms with Crippen molar-refractivity contribution >= 4 is 28.1 Å². The van der Waals surface area contributed by atoms with Gasteiger partial charge in [0.1, 0.15) is 30.0 Å². The molecule has 0 aliphatic heterocycles. The molecule has 1 unspecified atom stereocenters. The Morgan fingerprint density at radius 2 is 1.63 bits per heavy atom. The van der Waals surface area contributed by atoms with Gasteiger partial charge in [-0.15, -0.1) is 5.10 Å². The summed E-state index contributed by atoms with van der Waals surface area (Å²) >= 11 is -2.39. The summed E-state index contributed by atoms with van der Waals surface area (Å²) in [4.78, 5) is 25.9. The van der Waals surface area contributed by atoms with E-state index < -0.39 is 22.8 Å². The first kappa shape index (κ1) is 31.9. The fourth-order valence-electron chi connectivity index (χ4n) is 4.42. The molecule has 228 valence electrons. The number of aryl methyl sites for hydroxylation is 1. The number of ether oxygens (including phenoxy) is 2. The molecule has 1 aromatic heterocycles. The van der Waals surface area contributed by atoms with E-state index in [-0.39, 0.29) is 40.7 Å². The molecule has 1 atom stereocenters. The Labute approximate surface area is 255 Å². The molecule has 9 nitrogen and oxygen atoms in total. The monoisotopic (exact) mass is 605 g/mol. The Morgan fingerprint density at radius 1 is 0.907 bits per heavy atom. The molecule has 4 aromatic rings. The lowest BCUT2D eigenvalue weighted by Crippen LogP contribution is -2.29. The topological polar surface area (TPSA) is 110 Å². The van der Waals surface area contributed by atoms with Gasteiger partial charge in [-0.05, 0) is 71.7 Å². The predicted molar refractivity (Wildman–Crippen MR) is 168 cm³/mol. The van der Waals surface area contributed by atoms with E-state index in [4.69, 9.17) is 13.7 Å².